The molecule has 100 valence electrons. The van der Waals surface area contributed by atoms with Crippen LogP contribution >= 0.6 is 0 Å². The average molecular weight is 260 g/mol. The quantitative estimate of drug-likeness (QED) is 0.869. The highest BCUT2D eigenvalue weighted by molar-refractivity contribution is 6.06. The predicted molar refractivity (Wildman–Crippen MR) is 71.1 cm³/mol. The lowest BCUT2D eigenvalue weighted by Gasteiger charge is -2.18. The molecular formula is C14H16N2O3. The standard InChI is InChI=1S/C14H16N2O3/c1-18-13-7-15-6-11(13)16-14(17)10-8-19-12-5-3-2-4-9(10)12/h2-5,8,11,13,15H,6-7H2,1H3,(H,16,17)/t11?,13-/m0/s1. The topological polar surface area (TPSA) is 63.5 Å². The Morgan fingerprint density at radius 2 is 2.26 bits per heavy atom. The van der Waals surface area contributed by atoms with Crippen LogP contribution in [0, 0.1) is 0 Å². The number of nitrogens with one attached hydrogen (secondary N) is 2. The molecule has 2 heterocycles. The number of benzene rings is 1. The normalized spacial score (nSPS) is 22.8. The van der Waals surface area contributed by atoms with Crippen LogP contribution in [0.15, 0.2) is 34.9 Å². The number of carbonyl (C=O) groups is 1. The van der Waals surface area contributed by atoms with Gasteiger partial charge in [0.05, 0.1) is 17.7 Å². The van der Waals surface area contributed by atoms with Gasteiger partial charge in [-0.3, -0.25) is 4.79 Å². The highest BCUT2D eigenvalue weighted by atomic mass is 16.5. The predicted octanol–water partition coefficient (Wildman–Crippen LogP) is 1.15. The van der Waals surface area contributed by atoms with Crippen molar-refractivity contribution in [3.05, 3.63) is 36.1 Å². The summed E-state index contributed by atoms with van der Waals surface area (Å²) >= 11 is 0. The summed E-state index contributed by atoms with van der Waals surface area (Å²) in [6, 6.07) is 7.50. The number of fused-ring (bicyclic) bond motifs is 1. The Bertz CT molecular complexity index is 593. The van der Waals surface area contributed by atoms with Gasteiger partial charge in [-0.15, -0.1) is 0 Å². The fourth-order valence-electron chi connectivity index (χ4n) is 2.45. The summed E-state index contributed by atoms with van der Waals surface area (Å²) in [5.41, 5.74) is 1.29. The number of hydrogen-bond donors (Lipinski definition) is 2. The van der Waals surface area contributed by atoms with Gasteiger partial charge in [0, 0.05) is 25.6 Å². The van der Waals surface area contributed by atoms with Crippen molar-refractivity contribution in [2.75, 3.05) is 20.2 Å². The van der Waals surface area contributed by atoms with E-state index >= 15 is 0 Å². The Balaban J connectivity index is 1.80. The Morgan fingerprint density at radius 3 is 3.11 bits per heavy atom. The molecule has 1 aromatic heterocycles. The molecule has 2 atom stereocenters. The fourth-order valence-corrected chi connectivity index (χ4v) is 2.45. The Hall–Kier alpha value is -1.85. The zero-order valence-corrected chi connectivity index (χ0v) is 10.7. The first-order valence-electron chi connectivity index (χ1n) is 6.30. The van der Waals surface area contributed by atoms with E-state index in [0.717, 1.165) is 24.1 Å². The molecule has 1 fully saturated rings. The molecule has 0 radical (unpaired) electrons. The highest BCUT2D eigenvalue weighted by Crippen LogP contribution is 2.20. The summed E-state index contributed by atoms with van der Waals surface area (Å²) in [5, 5.41) is 7.02. The van der Waals surface area contributed by atoms with E-state index in [0.29, 0.717) is 5.56 Å². The summed E-state index contributed by atoms with van der Waals surface area (Å²) in [5.74, 6) is -0.124. The lowest BCUT2D eigenvalue weighted by molar-refractivity contribution is 0.0780. The van der Waals surface area contributed by atoms with Gasteiger partial charge in [0.25, 0.3) is 5.91 Å². The molecule has 1 aliphatic rings. The van der Waals surface area contributed by atoms with Crippen molar-refractivity contribution in [3.63, 3.8) is 0 Å². The molecule has 1 unspecified atom stereocenters. The molecule has 0 spiro atoms. The number of rotatable bonds is 3. The zero-order chi connectivity index (χ0) is 13.2. The molecule has 0 aliphatic carbocycles. The molecule has 2 aromatic rings. The van der Waals surface area contributed by atoms with Gasteiger partial charge in [-0.25, -0.2) is 0 Å². The van der Waals surface area contributed by atoms with E-state index in [2.05, 4.69) is 10.6 Å². The van der Waals surface area contributed by atoms with Crippen molar-refractivity contribution in [3.8, 4) is 0 Å². The number of hydrogen-bond acceptors (Lipinski definition) is 4. The van der Waals surface area contributed by atoms with Crippen molar-refractivity contribution < 1.29 is 13.9 Å². The SMILES string of the molecule is CO[C@H]1CNCC1NC(=O)c1coc2ccccc12. The lowest BCUT2D eigenvalue weighted by Crippen LogP contribution is -2.43. The minimum Gasteiger partial charge on any atom is -0.463 e. The monoisotopic (exact) mass is 260 g/mol. The summed E-state index contributed by atoms with van der Waals surface area (Å²) in [6.07, 6.45) is 1.52. The number of methoxy groups -OCH3 is 1. The van der Waals surface area contributed by atoms with Crippen molar-refractivity contribution in [1.82, 2.24) is 10.6 Å². The van der Waals surface area contributed by atoms with Crippen LogP contribution in [0.25, 0.3) is 11.0 Å². The second-order valence-electron chi connectivity index (χ2n) is 4.66. The van der Waals surface area contributed by atoms with Gasteiger partial charge in [-0.2, -0.15) is 0 Å². The third kappa shape index (κ3) is 2.22. The van der Waals surface area contributed by atoms with E-state index in [1.807, 2.05) is 24.3 Å². The highest BCUT2D eigenvalue weighted by Gasteiger charge is 2.29. The van der Waals surface area contributed by atoms with E-state index in [-0.39, 0.29) is 18.1 Å². The van der Waals surface area contributed by atoms with E-state index in [9.17, 15) is 4.79 Å². The van der Waals surface area contributed by atoms with Gasteiger partial charge >= 0.3 is 0 Å². The van der Waals surface area contributed by atoms with E-state index in [4.69, 9.17) is 9.15 Å². The van der Waals surface area contributed by atoms with Crippen LogP contribution in [0.4, 0.5) is 0 Å². The summed E-state index contributed by atoms with van der Waals surface area (Å²) < 4.78 is 10.7. The molecule has 19 heavy (non-hydrogen) atoms. The minimum absolute atomic E-state index is 0.00818. The largest absolute Gasteiger partial charge is 0.463 e. The van der Waals surface area contributed by atoms with Crippen LogP contribution in [0.2, 0.25) is 0 Å². The third-order valence-corrected chi connectivity index (χ3v) is 3.50. The van der Waals surface area contributed by atoms with Crippen molar-refractivity contribution in [2.24, 2.45) is 0 Å². The van der Waals surface area contributed by atoms with E-state index in [1.165, 1.54) is 6.26 Å². The van der Waals surface area contributed by atoms with E-state index < -0.39 is 0 Å². The Kier molecular flexibility index (Phi) is 3.23. The van der Waals surface area contributed by atoms with Gasteiger partial charge in [0.1, 0.15) is 11.8 Å². The molecule has 3 rings (SSSR count). The summed E-state index contributed by atoms with van der Waals surface area (Å²) in [7, 11) is 1.66. The molecule has 5 heteroatoms. The second kappa shape index (κ2) is 5.03. The maximum Gasteiger partial charge on any atom is 0.255 e. The molecule has 1 aliphatic heterocycles. The van der Waals surface area contributed by atoms with Gasteiger partial charge in [-0.1, -0.05) is 18.2 Å². The molecule has 0 saturated carbocycles. The van der Waals surface area contributed by atoms with Crippen LogP contribution in [0.1, 0.15) is 10.4 Å². The van der Waals surface area contributed by atoms with Crippen molar-refractivity contribution in [1.29, 1.82) is 0 Å². The van der Waals surface area contributed by atoms with Gasteiger partial charge in [-0.05, 0) is 6.07 Å². The number of ether oxygens (including phenoxy) is 1. The molecule has 1 saturated heterocycles. The lowest BCUT2D eigenvalue weighted by atomic mass is 10.1. The molecular weight excluding hydrogens is 244 g/mol. The van der Waals surface area contributed by atoms with Gasteiger partial charge < -0.3 is 19.8 Å². The second-order valence-corrected chi connectivity index (χ2v) is 4.66. The Labute approximate surface area is 110 Å². The number of amides is 1. The maximum absolute atomic E-state index is 12.3. The molecule has 1 aromatic carbocycles. The van der Waals surface area contributed by atoms with Crippen LogP contribution in [-0.2, 0) is 4.74 Å². The first-order valence-corrected chi connectivity index (χ1v) is 6.30. The number of furan rings is 1. The number of para-hydroxylation sites is 1. The van der Waals surface area contributed by atoms with E-state index in [1.54, 1.807) is 7.11 Å². The smallest absolute Gasteiger partial charge is 0.255 e. The molecule has 1 amide bonds. The first-order chi connectivity index (χ1) is 9.29. The van der Waals surface area contributed by atoms with Crippen LogP contribution in [0.5, 0.6) is 0 Å². The van der Waals surface area contributed by atoms with Crippen LogP contribution < -0.4 is 10.6 Å². The average Bonchev–Trinajstić information content (AvgIpc) is 3.04. The van der Waals surface area contributed by atoms with Crippen LogP contribution in [0.3, 0.4) is 0 Å². The minimum atomic E-state index is -0.124. The zero-order valence-electron chi connectivity index (χ0n) is 10.7. The molecule has 2 N–H and O–H groups in total. The van der Waals surface area contributed by atoms with Gasteiger partial charge in [0.2, 0.25) is 0 Å². The van der Waals surface area contributed by atoms with Gasteiger partial charge in [0.15, 0.2) is 0 Å². The molecule has 5 nitrogen and oxygen atoms in total. The summed E-state index contributed by atoms with van der Waals surface area (Å²) in [6.45, 7) is 1.48. The van der Waals surface area contributed by atoms with Crippen molar-refractivity contribution >= 4 is 16.9 Å². The Morgan fingerprint density at radius 1 is 1.42 bits per heavy atom. The fraction of sp³-hybridized carbons (Fsp3) is 0.357. The number of carbonyl (C=O) groups excluding carboxylic acids is 1. The van der Waals surface area contributed by atoms with Crippen LogP contribution in [-0.4, -0.2) is 38.3 Å². The first kappa shape index (κ1) is 12.2. The maximum atomic E-state index is 12.3. The molecule has 0 bridgehead atoms. The third-order valence-electron chi connectivity index (χ3n) is 3.50. The summed E-state index contributed by atoms with van der Waals surface area (Å²) in [4.78, 5) is 12.3. The van der Waals surface area contributed by atoms with Crippen molar-refractivity contribution in [2.45, 2.75) is 12.1 Å².